The third-order valence-corrected chi connectivity index (χ3v) is 3.61. The van der Waals surface area contributed by atoms with Crippen molar-refractivity contribution >= 4 is 40.9 Å². The Labute approximate surface area is 157 Å². The zero-order valence-corrected chi connectivity index (χ0v) is 16.3. The van der Waals surface area contributed by atoms with E-state index >= 15 is 0 Å². The molecule has 0 fully saturated rings. The maximum Gasteiger partial charge on any atom is 0.214 e. The van der Waals surface area contributed by atoms with Gasteiger partial charge in [-0.05, 0) is 26.0 Å². The molecule has 128 valence electrons. The van der Waals surface area contributed by atoms with Gasteiger partial charge in [0.2, 0.25) is 5.89 Å². The van der Waals surface area contributed by atoms with E-state index in [4.69, 9.17) is 8.83 Å². The van der Waals surface area contributed by atoms with E-state index in [-0.39, 0.29) is 24.0 Å². The van der Waals surface area contributed by atoms with Gasteiger partial charge in [0, 0.05) is 12.4 Å². The summed E-state index contributed by atoms with van der Waals surface area (Å²) in [6, 6.07) is 9.97. The van der Waals surface area contributed by atoms with Gasteiger partial charge in [0.25, 0.3) is 0 Å². The third kappa shape index (κ3) is 4.28. The second-order valence-electron chi connectivity index (χ2n) is 5.28. The Morgan fingerprint density at radius 3 is 2.54 bits per heavy atom. The molecule has 0 atom stereocenters. The lowest BCUT2D eigenvalue weighted by molar-refractivity contribution is 0.463. The maximum atomic E-state index is 5.77. The molecule has 0 saturated heterocycles. The normalized spacial score (nSPS) is 11.4. The predicted octanol–water partition coefficient (Wildman–Crippen LogP) is 3.52. The van der Waals surface area contributed by atoms with Crippen LogP contribution in [0, 0.1) is 13.8 Å². The number of nitrogens with one attached hydrogen (secondary N) is 2. The molecular formula is C17H21IN4O2. The molecule has 0 saturated carbocycles. The minimum atomic E-state index is 0. The summed E-state index contributed by atoms with van der Waals surface area (Å²) in [6.45, 7) is 4.87. The number of rotatable bonds is 4. The van der Waals surface area contributed by atoms with Crippen molar-refractivity contribution in [2.75, 3.05) is 7.05 Å². The van der Waals surface area contributed by atoms with Crippen LogP contribution in [0.25, 0.3) is 11.0 Å². The molecule has 0 aliphatic carbocycles. The maximum absolute atomic E-state index is 5.77. The first-order chi connectivity index (χ1) is 11.2. The summed E-state index contributed by atoms with van der Waals surface area (Å²) < 4.78 is 11.3. The van der Waals surface area contributed by atoms with Gasteiger partial charge in [-0.2, -0.15) is 0 Å². The number of nitrogens with zero attached hydrogens (tertiary/aromatic N) is 2. The van der Waals surface area contributed by atoms with Crippen LogP contribution in [0.2, 0.25) is 0 Å². The van der Waals surface area contributed by atoms with Gasteiger partial charge in [0.15, 0.2) is 5.96 Å². The SMILES string of the molecule is CN=C(NCc1cc2ccccc2o1)NCc1nc(C)c(C)o1.I. The Hall–Kier alpha value is -2.03. The number of aromatic nitrogens is 1. The monoisotopic (exact) mass is 440 g/mol. The lowest BCUT2D eigenvalue weighted by Gasteiger charge is -2.09. The number of aliphatic imine (C=N–C) groups is 1. The van der Waals surface area contributed by atoms with Gasteiger partial charge >= 0.3 is 0 Å². The molecule has 0 radical (unpaired) electrons. The van der Waals surface area contributed by atoms with E-state index in [2.05, 4.69) is 20.6 Å². The van der Waals surface area contributed by atoms with Crippen molar-refractivity contribution in [2.24, 2.45) is 4.99 Å². The topological polar surface area (TPSA) is 75.6 Å². The van der Waals surface area contributed by atoms with Crippen molar-refractivity contribution in [2.45, 2.75) is 26.9 Å². The summed E-state index contributed by atoms with van der Waals surface area (Å²) in [6.07, 6.45) is 0. The number of oxazole rings is 1. The zero-order chi connectivity index (χ0) is 16.2. The lowest BCUT2D eigenvalue weighted by atomic mass is 10.2. The van der Waals surface area contributed by atoms with Gasteiger partial charge in [-0.1, -0.05) is 18.2 Å². The summed E-state index contributed by atoms with van der Waals surface area (Å²) in [4.78, 5) is 8.52. The van der Waals surface area contributed by atoms with Crippen LogP contribution >= 0.6 is 24.0 Å². The highest BCUT2D eigenvalue weighted by molar-refractivity contribution is 14.0. The summed E-state index contributed by atoms with van der Waals surface area (Å²) in [5.74, 6) is 3.01. The largest absolute Gasteiger partial charge is 0.459 e. The number of para-hydroxylation sites is 1. The van der Waals surface area contributed by atoms with Gasteiger partial charge in [-0.3, -0.25) is 4.99 Å². The van der Waals surface area contributed by atoms with E-state index in [9.17, 15) is 0 Å². The van der Waals surface area contributed by atoms with Crippen LogP contribution in [0.5, 0.6) is 0 Å². The number of furan rings is 1. The Balaban J connectivity index is 0.00000208. The van der Waals surface area contributed by atoms with Crippen molar-refractivity contribution in [1.29, 1.82) is 0 Å². The number of hydrogen-bond acceptors (Lipinski definition) is 4. The molecule has 3 rings (SSSR count). The first kappa shape index (κ1) is 18.3. The molecule has 2 heterocycles. The fourth-order valence-corrected chi connectivity index (χ4v) is 2.29. The molecular weight excluding hydrogens is 419 g/mol. The smallest absolute Gasteiger partial charge is 0.214 e. The standard InChI is InChI=1S/C17H20N4O2.HI/c1-11-12(2)22-16(21-11)10-20-17(18-3)19-9-14-8-13-6-4-5-7-15(13)23-14;/h4-8H,9-10H2,1-3H3,(H2,18,19,20);1H. The quantitative estimate of drug-likeness (QED) is 0.369. The van der Waals surface area contributed by atoms with Gasteiger partial charge in [0.05, 0.1) is 18.8 Å². The molecule has 0 aliphatic rings. The highest BCUT2D eigenvalue weighted by Gasteiger charge is 2.07. The average Bonchev–Trinajstić information content (AvgIpc) is 3.10. The first-order valence-electron chi connectivity index (χ1n) is 7.50. The Morgan fingerprint density at radius 2 is 1.88 bits per heavy atom. The second kappa shape index (κ2) is 8.18. The highest BCUT2D eigenvalue weighted by atomic mass is 127. The molecule has 0 bridgehead atoms. The van der Waals surface area contributed by atoms with E-state index in [0.717, 1.165) is 28.2 Å². The second-order valence-corrected chi connectivity index (χ2v) is 5.28. The summed E-state index contributed by atoms with van der Waals surface area (Å²) in [5.41, 5.74) is 1.80. The average molecular weight is 440 g/mol. The number of guanidine groups is 1. The van der Waals surface area contributed by atoms with Gasteiger partial charge < -0.3 is 19.5 Å². The van der Waals surface area contributed by atoms with Crippen LogP contribution in [0.15, 0.2) is 44.2 Å². The van der Waals surface area contributed by atoms with E-state index in [1.165, 1.54) is 0 Å². The Bertz CT molecular complexity index is 786. The molecule has 7 heteroatoms. The van der Waals surface area contributed by atoms with Crippen molar-refractivity contribution in [3.05, 3.63) is 53.4 Å². The fourth-order valence-electron chi connectivity index (χ4n) is 2.29. The van der Waals surface area contributed by atoms with Crippen LogP contribution in [0.3, 0.4) is 0 Å². The van der Waals surface area contributed by atoms with E-state index in [1.54, 1.807) is 7.05 Å². The molecule has 24 heavy (non-hydrogen) atoms. The molecule has 1 aromatic carbocycles. The number of hydrogen-bond donors (Lipinski definition) is 2. The van der Waals surface area contributed by atoms with Crippen LogP contribution in [-0.2, 0) is 13.1 Å². The summed E-state index contributed by atoms with van der Waals surface area (Å²) >= 11 is 0. The van der Waals surface area contributed by atoms with E-state index in [0.29, 0.717) is 24.9 Å². The Kier molecular flexibility index (Phi) is 6.24. The minimum Gasteiger partial charge on any atom is -0.459 e. The van der Waals surface area contributed by atoms with Gasteiger partial charge in [0.1, 0.15) is 17.1 Å². The van der Waals surface area contributed by atoms with Crippen molar-refractivity contribution in [3.8, 4) is 0 Å². The van der Waals surface area contributed by atoms with Crippen molar-refractivity contribution in [3.63, 3.8) is 0 Å². The molecule has 0 unspecified atom stereocenters. The number of fused-ring (bicyclic) bond motifs is 1. The number of aryl methyl sites for hydroxylation is 2. The molecule has 0 aliphatic heterocycles. The predicted molar refractivity (Wildman–Crippen MR) is 105 cm³/mol. The van der Waals surface area contributed by atoms with Gasteiger partial charge in [-0.15, -0.1) is 24.0 Å². The molecule has 0 amide bonds. The van der Waals surface area contributed by atoms with Crippen molar-refractivity contribution < 1.29 is 8.83 Å². The first-order valence-corrected chi connectivity index (χ1v) is 7.50. The highest BCUT2D eigenvalue weighted by Crippen LogP contribution is 2.18. The van der Waals surface area contributed by atoms with Crippen LogP contribution in [0.1, 0.15) is 23.1 Å². The van der Waals surface area contributed by atoms with Gasteiger partial charge in [-0.25, -0.2) is 4.98 Å². The number of halogens is 1. The van der Waals surface area contributed by atoms with E-state index in [1.807, 2.05) is 44.2 Å². The fraction of sp³-hybridized carbons (Fsp3) is 0.294. The third-order valence-electron chi connectivity index (χ3n) is 3.61. The molecule has 2 aromatic heterocycles. The zero-order valence-electron chi connectivity index (χ0n) is 13.9. The lowest BCUT2D eigenvalue weighted by Crippen LogP contribution is -2.36. The van der Waals surface area contributed by atoms with E-state index < -0.39 is 0 Å². The number of benzene rings is 1. The van der Waals surface area contributed by atoms with Crippen LogP contribution in [0.4, 0.5) is 0 Å². The minimum absolute atomic E-state index is 0. The van der Waals surface area contributed by atoms with Crippen molar-refractivity contribution in [1.82, 2.24) is 15.6 Å². The van der Waals surface area contributed by atoms with Crippen LogP contribution < -0.4 is 10.6 Å². The molecule has 0 spiro atoms. The Morgan fingerprint density at radius 1 is 1.12 bits per heavy atom. The summed E-state index contributed by atoms with van der Waals surface area (Å²) in [7, 11) is 1.72. The molecule has 2 N–H and O–H groups in total. The summed E-state index contributed by atoms with van der Waals surface area (Å²) in [5, 5.41) is 7.48. The van der Waals surface area contributed by atoms with Crippen LogP contribution in [-0.4, -0.2) is 18.0 Å². The molecule has 3 aromatic rings. The molecule has 6 nitrogen and oxygen atoms in total.